The van der Waals surface area contributed by atoms with Crippen LogP contribution in [-0.4, -0.2) is 81.0 Å². The molecule has 47 heavy (non-hydrogen) atoms. The summed E-state index contributed by atoms with van der Waals surface area (Å²) >= 11 is 6.89. The lowest BCUT2D eigenvalue weighted by molar-refractivity contribution is 0.0638. The van der Waals surface area contributed by atoms with Gasteiger partial charge >= 0.3 is 0 Å². The zero-order valence-electron chi connectivity index (χ0n) is 26.4. The van der Waals surface area contributed by atoms with Crippen molar-refractivity contribution in [3.8, 4) is 11.1 Å². The van der Waals surface area contributed by atoms with Crippen LogP contribution in [0.15, 0.2) is 60.8 Å². The van der Waals surface area contributed by atoms with Crippen molar-refractivity contribution in [2.24, 2.45) is 0 Å². The maximum atomic E-state index is 13.5. The van der Waals surface area contributed by atoms with E-state index < -0.39 is 5.91 Å². The van der Waals surface area contributed by atoms with Gasteiger partial charge in [0.1, 0.15) is 11.4 Å². The van der Waals surface area contributed by atoms with Gasteiger partial charge in [-0.3, -0.25) is 19.5 Å². The number of rotatable bonds is 12. The Morgan fingerprint density at radius 1 is 0.936 bits per heavy atom. The lowest BCUT2D eigenvalue weighted by atomic mass is 9.97. The van der Waals surface area contributed by atoms with Gasteiger partial charge in [0.2, 0.25) is 0 Å². The highest BCUT2D eigenvalue weighted by atomic mass is 35.5. The largest absolute Gasteiger partial charge is 0.395 e. The van der Waals surface area contributed by atoms with Gasteiger partial charge in [-0.25, -0.2) is 4.98 Å². The summed E-state index contributed by atoms with van der Waals surface area (Å²) in [5.74, 6) is -0.764. The van der Waals surface area contributed by atoms with Crippen LogP contribution in [0.2, 0.25) is 5.02 Å². The molecule has 0 fully saturated rings. The molecule has 1 aliphatic heterocycles. The number of anilines is 2. The highest BCUT2D eigenvalue weighted by Crippen LogP contribution is 2.37. The lowest BCUT2D eigenvalue weighted by Gasteiger charge is -2.33. The van der Waals surface area contributed by atoms with Crippen molar-refractivity contribution in [2.75, 3.05) is 43.5 Å². The summed E-state index contributed by atoms with van der Waals surface area (Å²) in [5, 5.41) is 37.5. The second-order valence-electron chi connectivity index (χ2n) is 11.5. The summed E-state index contributed by atoms with van der Waals surface area (Å²) in [6.07, 6.45) is 2.34. The Hall–Kier alpha value is -4.23. The smallest absolute Gasteiger partial charge is 0.274 e. The number of fused-ring (bicyclic) bond motifs is 1. The van der Waals surface area contributed by atoms with Crippen LogP contribution >= 0.6 is 11.6 Å². The summed E-state index contributed by atoms with van der Waals surface area (Å²) in [6.45, 7) is 5.69. The van der Waals surface area contributed by atoms with E-state index in [1.165, 1.54) is 0 Å². The number of aromatic nitrogens is 2. The lowest BCUT2D eigenvalue weighted by Crippen LogP contribution is -2.44. The Morgan fingerprint density at radius 2 is 1.64 bits per heavy atom. The van der Waals surface area contributed by atoms with E-state index in [0.717, 1.165) is 33.5 Å². The Labute approximate surface area is 278 Å². The van der Waals surface area contributed by atoms with Gasteiger partial charge in [0.05, 0.1) is 42.3 Å². The minimum absolute atomic E-state index is 0.0444. The molecule has 2 aromatic heterocycles. The number of aliphatic hydroxyl groups excluding tert-OH is 3. The molecule has 0 saturated carbocycles. The van der Waals surface area contributed by atoms with Crippen LogP contribution in [0.4, 0.5) is 11.4 Å². The number of halogens is 1. The quantitative estimate of drug-likeness (QED) is 0.125. The number of hydrogen-bond acceptors (Lipinski definition) is 9. The van der Waals surface area contributed by atoms with Gasteiger partial charge in [0, 0.05) is 43.6 Å². The third-order valence-electron chi connectivity index (χ3n) is 8.40. The predicted octanol–water partition coefficient (Wildman–Crippen LogP) is 3.71. The summed E-state index contributed by atoms with van der Waals surface area (Å²) in [7, 11) is 0. The Morgan fingerprint density at radius 3 is 2.34 bits per heavy atom. The van der Waals surface area contributed by atoms with E-state index in [2.05, 4.69) is 25.9 Å². The zero-order valence-corrected chi connectivity index (χ0v) is 27.1. The Bertz CT molecular complexity index is 1750. The number of amides is 2. The average Bonchev–Trinajstić information content (AvgIpc) is 3.07. The second kappa shape index (κ2) is 15.6. The second-order valence-corrected chi connectivity index (χ2v) is 11.9. The normalized spacial score (nSPS) is 13.0. The van der Waals surface area contributed by atoms with Crippen LogP contribution in [0.3, 0.4) is 0 Å². The van der Waals surface area contributed by atoms with E-state index in [1.807, 2.05) is 43.0 Å². The fourth-order valence-corrected chi connectivity index (χ4v) is 6.00. The molecule has 12 heteroatoms. The molecule has 6 N–H and O–H groups in total. The van der Waals surface area contributed by atoms with Gasteiger partial charge in [-0.2, -0.15) is 0 Å². The first-order chi connectivity index (χ1) is 22.7. The molecule has 0 spiro atoms. The third kappa shape index (κ3) is 7.84. The Kier molecular flexibility index (Phi) is 11.3. The number of nitrogens with one attached hydrogen (secondary N) is 3. The van der Waals surface area contributed by atoms with Gasteiger partial charge in [-0.15, -0.1) is 0 Å². The summed E-state index contributed by atoms with van der Waals surface area (Å²) in [4.78, 5) is 37.4. The molecule has 5 rings (SSSR count). The monoisotopic (exact) mass is 658 g/mol. The van der Waals surface area contributed by atoms with Crippen molar-refractivity contribution in [2.45, 2.75) is 39.4 Å². The van der Waals surface area contributed by atoms with Crippen LogP contribution in [0, 0.1) is 13.8 Å². The van der Waals surface area contributed by atoms with E-state index in [1.54, 1.807) is 36.5 Å². The van der Waals surface area contributed by atoms with Crippen LogP contribution in [0.1, 0.15) is 48.9 Å². The highest BCUT2D eigenvalue weighted by molar-refractivity contribution is 6.36. The topological polar surface area (TPSA) is 160 Å². The van der Waals surface area contributed by atoms with E-state index >= 15 is 0 Å². The minimum atomic E-state index is -0.409. The molecule has 0 unspecified atom stereocenters. The fourth-order valence-electron chi connectivity index (χ4n) is 5.73. The van der Waals surface area contributed by atoms with Gasteiger partial charge in [0.15, 0.2) is 0 Å². The van der Waals surface area contributed by atoms with Crippen LogP contribution in [0.25, 0.3) is 11.1 Å². The van der Waals surface area contributed by atoms with Crippen molar-refractivity contribution in [1.82, 2.24) is 20.2 Å². The fraction of sp³-hybridized carbons (Fsp3) is 0.314. The average molecular weight is 659 g/mol. The molecular formula is C35H39ClN6O5. The van der Waals surface area contributed by atoms with Crippen LogP contribution < -0.4 is 16.0 Å². The first-order valence-electron chi connectivity index (χ1n) is 15.5. The highest BCUT2D eigenvalue weighted by Gasteiger charge is 2.26. The molecule has 0 saturated heterocycles. The van der Waals surface area contributed by atoms with Crippen molar-refractivity contribution >= 4 is 34.8 Å². The number of carbonyl (C=O) groups is 2. The van der Waals surface area contributed by atoms with Crippen LogP contribution in [-0.2, 0) is 19.5 Å². The van der Waals surface area contributed by atoms with E-state index in [-0.39, 0.29) is 43.2 Å². The molecule has 1 aliphatic rings. The number of benzene rings is 2. The molecule has 4 aromatic rings. The molecule has 2 aromatic carbocycles. The first-order valence-corrected chi connectivity index (χ1v) is 15.8. The van der Waals surface area contributed by atoms with E-state index in [4.69, 9.17) is 16.7 Å². The van der Waals surface area contributed by atoms with Gasteiger partial charge in [0.25, 0.3) is 11.8 Å². The summed E-state index contributed by atoms with van der Waals surface area (Å²) in [5.41, 5.74) is 7.47. The Balaban J connectivity index is 1.33. The molecule has 0 bridgehead atoms. The number of aryl methyl sites for hydroxylation is 1. The van der Waals surface area contributed by atoms with Gasteiger partial charge in [-0.1, -0.05) is 41.9 Å². The molecule has 2 amide bonds. The van der Waals surface area contributed by atoms with Crippen molar-refractivity contribution in [3.05, 3.63) is 105 Å². The minimum Gasteiger partial charge on any atom is -0.395 e. The molecule has 11 nitrogen and oxygen atoms in total. The number of hydrogen-bond donors (Lipinski definition) is 6. The summed E-state index contributed by atoms with van der Waals surface area (Å²) in [6, 6.07) is 15.8. The number of pyridine rings is 2. The van der Waals surface area contributed by atoms with Crippen molar-refractivity contribution < 1.29 is 24.9 Å². The maximum Gasteiger partial charge on any atom is 0.274 e. The maximum absolute atomic E-state index is 13.5. The molecule has 246 valence electrons. The zero-order chi connectivity index (χ0) is 33.5. The molecule has 3 heterocycles. The van der Waals surface area contributed by atoms with Crippen molar-refractivity contribution in [3.63, 3.8) is 0 Å². The molecular weight excluding hydrogens is 620 g/mol. The van der Waals surface area contributed by atoms with E-state index in [9.17, 15) is 19.8 Å². The number of nitrogens with zero attached hydrogens (tertiary/aromatic N) is 3. The predicted molar refractivity (Wildman–Crippen MR) is 182 cm³/mol. The molecule has 0 aliphatic carbocycles. The van der Waals surface area contributed by atoms with E-state index in [0.29, 0.717) is 54.6 Å². The SMILES string of the molecule is Cc1cc(C(=O)Nc2cccc(-c3cccc(NC(=O)c4ccc(CNCCO)cn4)c3C)c2Cl)nc2c1CCN(C(CO)CO)C2. The van der Waals surface area contributed by atoms with Crippen LogP contribution in [0.5, 0.6) is 0 Å². The third-order valence-corrected chi connectivity index (χ3v) is 8.81. The number of carbonyl (C=O) groups excluding carboxylic acids is 2. The standard InChI is InChI=1S/C35H39ClN6O5/c1-21-15-31(39-32-18-42(13-11-25(21)32)24(19-44)20-45)35(47)41-29-8-4-6-27(33(29)36)26-5-3-7-28(22(26)2)40-34(46)30-10-9-23(17-38-30)16-37-12-14-43/h3-10,15,17,24,37,43-45H,11-14,16,18-20H2,1-2H3,(H,40,46)(H,41,47). The van der Waals surface area contributed by atoms with Gasteiger partial charge in [-0.05, 0) is 72.4 Å². The van der Waals surface area contributed by atoms with Crippen molar-refractivity contribution in [1.29, 1.82) is 0 Å². The molecule has 0 atom stereocenters. The molecule has 0 radical (unpaired) electrons. The number of aliphatic hydroxyl groups is 3. The summed E-state index contributed by atoms with van der Waals surface area (Å²) < 4.78 is 0. The first kappa shape index (κ1) is 34.1. The van der Waals surface area contributed by atoms with Gasteiger partial charge < -0.3 is 31.3 Å².